The first kappa shape index (κ1) is 13.9. The maximum Gasteiger partial charge on any atom is 0.0503 e. The van der Waals surface area contributed by atoms with Gasteiger partial charge in [0, 0.05) is 13.7 Å². The molecule has 3 heteroatoms. The van der Waals surface area contributed by atoms with E-state index in [0.717, 1.165) is 25.0 Å². The molecule has 2 N–H and O–H groups in total. The normalized spacial score (nSPS) is 23.8. The molecule has 1 aliphatic rings. The molecule has 0 aliphatic carbocycles. The van der Waals surface area contributed by atoms with Gasteiger partial charge in [0.15, 0.2) is 0 Å². The van der Waals surface area contributed by atoms with Crippen molar-refractivity contribution in [1.82, 2.24) is 4.90 Å². The van der Waals surface area contributed by atoms with E-state index in [1.165, 1.54) is 45.3 Å². The molecule has 2 atom stereocenters. The van der Waals surface area contributed by atoms with Gasteiger partial charge in [-0.25, -0.2) is 0 Å². The Kier molecular flexibility index (Phi) is 7.01. The van der Waals surface area contributed by atoms with E-state index in [9.17, 15) is 0 Å². The van der Waals surface area contributed by atoms with Crippen LogP contribution in [0.15, 0.2) is 0 Å². The van der Waals surface area contributed by atoms with Crippen molar-refractivity contribution in [2.75, 3.05) is 39.9 Å². The standard InChI is InChI=1S/C13H28N2O/c1-12(5-7-14)4-3-8-15-9-6-13(10-15)11-16-2/h12-13H,3-11,14H2,1-2H3. The molecule has 1 aliphatic heterocycles. The molecular formula is C13H28N2O. The van der Waals surface area contributed by atoms with E-state index in [-0.39, 0.29) is 0 Å². The van der Waals surface area contributed by atoms with Crippen LogP contribution in [0.5, 0.6) is 0 Å². The highest BCUT2D eigenvalue weighted by atomic mass is 16.5. The smallest absolute Gasteiger partial charge is 0.0503 e. The highest BCUT2D eigenvalue weighted by molar-refractivity contribution is 4.75. The highest BCUT2D eigenvalue weighted by Gasteiger charge is 2.21. The van der Waals surface area contributed by atoms with Crippen LogP contribution >= 0.6 is 0 Å². The van der Waals surface area contributed by atoms with Crippen molar-refractivity contribution in [3.8, 4) is 0 Å². The molecule has 0 aromatic heterocycles. The number of rotatable bonds is 8. The predicted molar refractivity (Wildman–Crippen MR) is 68.5 cm³/mol. The molecule has 0 saturated carbocycles. The summed E-state index contributed by atoms with van der Waals surface area (Å²) in [6.07, 6.45) is 5.13. The summed E-state index contributed by atoms with van der Waals surface area (Å²) in [5.74, 6) is 1.56. The van der Waals surface area contributed by atoms with Crippen molar-refractivity contribution < 1.29 is 4.74 Å². The Hall–Kier alpha value is -0.120. The Balaban J connectivity index is 2.02. The Morgan fingerprint density at radius 1 is 1.44 bits per heavy atom. The summed E-state index contributed by atoms with van der Waals surface area (Å²) >= 11 is 0. The molecule has 0 spiro atoms. The van der Waals surface area contributed by atoms with Gasteiger partial charge in [-0.1, -0.05) is 6.92 Å². The van der Waals surface area contributed by atoms with Crippen LogP contribution in [0.2, 0.25) is 0 Å². The Morgan fingerprint density at radius 2 is 2.25 bits per heavy atom. The van der Waals surface area contributed by atoms with Crippen LogP contribution in [-0.4, -0.2) is 44.8 Å². The van der Waals surface area contributed by atoms with Gasteiger partial charge in [0.2, 0.25) is 0 Å². The van der Waals surface area contributed by atoms with Crippen LogP contribution < -0.4 is 5.73 Å². The third-order valence-corrected chi connectivity index (χ3v) is 3.60. The second-order valence-corrected chi connectivity index (χ2v) is 5.24. The first-order chi connectivity index (χ1) is 7.76. The number of nitrogens with two attached hydrogens (primary N) is 1. The molecule has 1 saturated heterocycles. The SMILES string of the molecule is COCC1CCN(CCCC(C)CCN)C1. The van der Waals surface area contributed by atoms with E-state index in [4.69, 9.17) is 10.5 Å². The van der Waals surface area contributed by atoms with Gasteiger partial charge >= 0.3 is 0 Å². The van der Waals surface area contributed by atoms with Crippen molar-refractivity contribution >= 4 is 0 Å². The minimum absolute atomic E-state index is 0.770. The molecule has 96 valence electrons. The zero-order chi connectivity index (χ0) is 11.8. The number of hydrogen-bond donors (Lipinski definition) is 1. The van der Waals surface area contributed by atoms with E-state index in [1.54, 1.807) is 7.11 Å². The molecule has 0 radical (unpaired) electrons. The lowest BCUT2D eigenvalue weighted by atomic mass is 10.0. The largest absolute Gasteiger partial charge is 0.384 e. The van der Waals surface area contributed by atoms with E-state index in [1.807, 2.05) is 0 Å². The number of hydrogen-bond acceptors (Lipinski definition) is 3. The number of ether oxygens (including phenoxy) is 1. The van der Waals surface area contributed by atoms with Gasteiger partial charge in [0.05, 0.1) is 6.61 Å². The Bertz CT molecular complexity index is 175. The highest BCUT2D eigenvalue weighted by Crippen LogP contribution is 2.18. The molecule has 3 nitrogen and oxygen atoms in total. The van der Waals surface area contributed by atoms with E-state index >= 15 is 0 Å². The van der Waals surface area contributed by atoms with Gasteiger partial charge < -0.3 is 15.4 Å². The van der Waals surface area contributed by atoms with Crippen molar-refractivity contribution in [1.29, 1.82) is 0 Å². The van der Waals surface area contributed by atoms with Crippen molar-refractivity contribution in [3.63, 3.8) is 0 Å². The van der Waals surface area contributed by atoms with Crippen molar-refractivity contribution in [2.24, 2.45) is 17.6 Å². The van der Waals surface area contributed by atoms with E-state index in [0.29, 0.717) is 0 Å². The quantitative estimate of drug-likeness (QED) is 0.687. The molecular weight excluding hydrogens is 200 g/mol. The minimum Gasteiger partial charge on any atom is -0.384 e. The summed E-state index contributed by atoms with van der Waals surface area (Å²) < 4.78 is 5.21. The lowest BCUT2D eigenvalue weighted by Gasteiger charge is -2.17. The summed E-state index contributed by atoms with van der Waals surface area (Å²) in [7, 11) is 1.80. The second-order valence-electron chi connectivity index (χ2n) is 5.24. The van der Waals surface area contributed by atoms with E-state index < -0.39 is 0 Å². The molecule has 0 amide bonds. The van der Waals surface area contributed by atoms with Gasteiger partial charge in [-0.05, 0) is 57.2 Å². The summed E-state index contributed by atoms with van der Waals surface area (Å²) in [6.45, 7) is 7.83. The van der Waals surface area contributed by atoms with Gasteiger partial charge in [0.1, 0.15) is 0 Å². The maximum atomic E-state index is 5.55. The first-order valence-electron chi connectivity index (χ1n) is 6.67. The topological polar surface area (TPSA) is 38.5 Å². The van der Waals surface area contributed by atoms with Crippen LogP contribution in [0.25, 0.3) is 0 Å². The van der Waals surface area contributed by atoms with E-state index in [2.05, 4.69) is 11.8 Å². The predicted octanol–water partition coefficient (Wildman–Crippen LogP) is 1.72. The fourth-order valence-corrected chi connectivity index (χ4v) is 2.58. The van der Waals surface area contributed by atoms with Crippen LogP contribution in [0.4, 0.5) is 0 Å². The molecule has 1 heterocycles. The second kappa shape index (κ2) is 8.04. The van der Waals surface area contributed by atoms with Gasteiger partial charge in [0.25, 0.3) is 0 Å². The van der Waals surface area contributed by atoms with Gasteiger partial charge in [-0.2, -0.15) is 0 Å². The number of methoxy groups -OCH3 is 1. The first-order valence-corrected chi connectivity index (χ1v) is 6.67. The molecule has 0 aromatic rings. The Morgan fingerprint density at radius 3 is 2.94 bits per heavy atom. The van der Waals surface area contributed by atoms with Gasteiger partial charge in [-0.15, -0.1) is 0 Å². The average molecular weight is 228 g/mol. The van der Waals surface area contributed by atoms with Crippen LogP contribution in [0.1, 0.15) is 32.6 Å². The third kappa shape index (κ3) is 5.28. The van der Waals surface area contributed by atoms with Crippen molar-refractivity contribution in [2.45, 2.75) is 32.6 Å². The zero-order valence-corrected chi connectivity index (χ0v) is 11.0. The molecule has 1 rings (SSSR count). The summed E-state index contributed by atoms with van der Waals surface area (Å²) in [6, 6.07) is 0. The van der Waals surface area contributed by atoms with Crippen LogP contribution in [0.3, 0.4) is 0 Å². The fourth-order valence-electron chi connectivity index (χ4n) is 2.58. The summed E-state index contributed by atoms with van der Waals surface area (Å²) in [5, 5.41) is 0. The maximum absolute atomic E-state index is 5.55. The number of nitrogens with zero attached hydrogens (tertiary/aromatic N) is 1. The molecule has 1 fully saturated rings. The van der Waals surface area contributed by atoms with Crippen LogP contribution in [0, 0.1) is 11.8 Å². The Labute approximate surface area is 100 Å². The van der Waals surface area contributed by atoms with Gasteiger partial charge in [-0.3, -0.25) is 0 Å². The minimum atomic E-state index is 0.770. The third-order valence-electron chi connectivity index (χ3n) is 3.60. The summed E-state index contributed by atoms with van der Waals surface area (Å²) in [5.41, 5.74) is 5.55. The average Bonchev–Trinajstić information content (AvgIpc) is 2.67. The lowest BCUT2D eigenvalue weighted by molar-refractivity contribution is 0.153. The van der Waals surface area contributed by atoms with Crippen LogP contribution in [-0.2, 0) is 4.74 Å². The zero-order valence-electron chi connectivity index (χ0n) is 11.0. The molecule has 2 unspecified atom stereocenters. The molecule has 0 bridgehead atoms. The lowest BCUT2D eigenvalue weighted by Crippen LogP contribution is -2.23. The number of likely N-dealkylation sites (tertiary alicyclic amines) is 1. The molecule has 0 aromatic carbocycles. The molecule has 16 heavy (non-hydrogen) atoms. The van der Waals surface area contributed by atoms with Crippen molar-refractivity contribution in [3.05, 3.63) is 0 Å². The fraction of sp³-hybridized carbons (Fsp3) is 1.00. The summed E-state index contributed by atoms with van der Waals surface area (Å²) in [4.78, 5) is 2.58. The monoisotopic (exact) mass is 228 g/mol.